The van der Waals surface area contributed by atoms with Gasteiger partial charge in [0.1, 0.15) is 24.2 Å². The SMILES string of the molecule is CCOc1ccc(OC[C@@H](O)Cn2cnc3ccc(Br)cc3c2=O)cc1. The number of fused-ring (bicyclic) bond motifs is 1. The maximum absolute atomic E-state index is 12.5. The number of nitrogens with zero attached hydrogens (tertiary/aromatic N) is 2. The summed E-state index contributed by atoms with van der Waals surface area (Å²) in [4.78, 5) is 16.8. The van der Waals surface area contributed by atoms with E-state index in [0.717, 1.165) is 10.2 Å². The Morgan fingerprint density at radius 1 is 1.15 bits per heavy atom. The van der Waals surface area contributed by atoms with Gasteiger partial charge in [0.15, 0.2) is 0 Å². The lowest BCUT2D eigenvalue weighted by atomic mass is 10.2. The van der Waals surface area contributed by atoms with E-state index in [1.807, 2.05) is 13.0 Å². The van der Waals surface area contributed by atoms with Crippen molar-refractivity contribution in [1.82, 2.24) is 9.55 Å². The molecule has 0 amide bonds. The Morgan fingerprint density at radius 3 is 2.54 bits per heavy atom. The minimum Gasteiger partial charge on any atom is -0.494 e. The normalized spacial score (nSPS) is 12.1. The lowest BCUT2D eigenvalue weighted by Gasteiger charge is -2.14. The summed E-state index contributed by atoms with van der Waals surface area (Å²) >= 11 is 3.35. The Hall–Kier alpha value is -2.38. The van der Waals surface area contributed by atoms with Gasteiger partial charge in [-0.1, -0.05) is 15.9 Å². The summed E-state index contributed by atoms with van der Waals surface area (Å²) in [6.07, 6.45) is 0.601. The quantitative estimate of drug-likeness (QED) is 0.638. The van der Waals surface area contributed by atoms with Gasteiger partial charge in [-0.2, -0.15) is 0 Å². The molecule has 0 fully saturated rings. The molecule has 0 unspecified atom stereocenters. The zero-order chi connectivity index (χ0) is 18.5. The van der Waals surface area contributed by atoms with E-state index in [4.69, 9.17) is 9.47 Å². The van der Waals surface area contributed by atoms with Crippen LogP contribution in [0.3, 0.4) is 0 Å². The van der Waals surface area contributed by atoms with E-state index >= 15 is 0 Å². The van der Waals surface area contributed by atoms with Crippen molar-refractivity contribution in [2.24, 2.45) is 0 Å². The van der Waals surface area contributed by atoms with Crippen LogP contribution in [0.15, 0.2) is 58.1 Å². The average Bonchev–Trinajstić information content (AvgIpc) is 2.64. The minimum atomic E-state index is -0.842. The van der Waals surface area contributed by atoms with Crippen molar-refractivity contribution < 1.29 is 14.6 Å². The number of hydrogen-bond acceptors (Lipinski definition) is 5. The molecule has 26 heavy (non-hydrogen) atoms. The molecule has 0 saturated carbocycles. The number of halogens is 1. The van der Waals surface area contributed by atoms with Crippen LogP contribution in [0.5, 0.6) is 11.5 Å². The number of aliphatic hydroxyl groups is 1. The maximum atomic E-state index is 12.5. The summed E-state index contributed by atoms with van der Waals surface area (Å²) in [6.45, 7) is 2.69. The van der Waals surface area contributed by atoms with Crippen molar-refractivity contribution in [2.75, 3.05) is 13.2 Å². The molecule has 1 atom stereocenters. The minimum absolute atomic E-state index is 0.0664. The van der Waals surface area contributed by atoms with Gasteiger partial charge in [-0.15, -0.1) is 0 Å². The largest absolute Gasteiger partial charge is 0.494 e. The second-order valence-corrected chi connectivity index (χ2v) is 6.65. The van der Waals surface area contributed by atoms with Crippen molar-refractivity contribution in [3.8, 4) is 11.5 Å². The molecule has 1 N–H and O–H groups in total. The molecule has 6 nitrogen and oxygen atoms in total. The van der Waals surface area contributed by atoms with Gasteiger partial charge in [0.2, 0.25) is 0 Å². The molecule has 1 aromatic heterocycles. The van der Waals surface area contributed by atoms with E-state index in [0.29, 0.717) is 23.3 Å². The fourth-order valence-electron chi connectivity index (χ4n) is 2.53. The Bertz CT molecular complexity index is 940. The summed E-state index contributed by atoms with van der Waals surface area (Å²) in [6, 6.07) is 12.5. The van der Waals surface area contributed by atoms with Crippen molar-refractivity contribution >= 4 is 26.8 Å². The molecule has 3 aromatic rings. The van der Waals surface area contributed by atoms with Crippen LogP contribution in [0, 0.1) is 0 Å². The van der Waals surface area contributed by atoms with E-state index in [2.05, 4.69) is 20.9 Å². The summed E-state index contributed by atoms with van der Waals surface area (Å²) in [7, 11) is 0. The molecule has 0 radical (unpaired) electrons. The van der Waals surface area contributed by atoms with Gasteiger partial charge in [0.25, 0.3) is 5.56 Å². The Kier molecular flexibility index (Phi) is 5.90. The van der Waals surface area contributed by atoms with E-state index in [1.54, 1.807) is 36.4 Å². The van der Waals surface area contributed by atoms with E-state index in [9.17, 15) is 9.90 Å². The number of ether oxygens (including phenoxy) is 2. The molecule has 1 heterocycles. The molecular weight excluding hydrogens is 400 g/mol. The van der Waals surface area contributed by atoms with Gasteiger partial charge in [0, 0.05) is 4.47 Å². The van der Waals surface area contributed by atoms with Gasteiger partial charge in [-0.3, -0.25) is 9.36 Å². The Balaban J connectivity index is 1.64. The zero-order valence-electron chi connectivity index (χ0n) is 14.3. The highest BCUT2D eigenvalue weighted by Crippen LogP contribution is 2.18. The molecule has 0 spiro atoms. The predicted octanol–water partition coefficient (Wildman–Crippen LogP) is 3.00. The van der Waals surface area contributed by atoms with Gasteiger partial charge in [-0.25, -0.2) is 4.98 Å². The van der Waals surface area contributed by atoms with Gasteiger partial charge < -0.3 is 14.6 Å². The predicted molar refractivity (Wildman–Crippen MR) is 103 cm³/mol. The molecule has 0 aliphatic rings. The first-order valence-corrected chi connectivity index (χ1v) is 9.04. The fourth-order valence-corrected chi connectivity index (χ4v) is 2.89. The zero-order valence-corrected chi connectivity index (χ0v) is 15.8. The molecule has 7 heteroatoms. The van der Waals surface area contributed by atoms with Gasteiger partial charge in [-0.05, 0) is 49.4 Å². The highest BCUT2D eigenvalue weighted by molar-refractivity contribution is 9.10. The third kappa shape index (κ3) is 4.42. The lowest BCUT2D eigenvalue weighted by Crippen LogP contribution is -2.30. The van der Waals surface area contributed by atoms with Crippen molar-refractivity contribution in [2.45, 2.75) is 19.6 Å². The average molecular weight is 419 g/mol. The summed E-state index contributed by atoms with van der Waals surface area (Å²) in [5.74, 6) is 1.39. The monoisotopic (exact) mass is 418 g/mol. The summed E-state index contributed by atoms with van der Waals surface area (Å²) in [5, 5.41) is 10.7. The van der Waals surface area contributed by atoms with E-state index < -0.39 is 6.10 Å². The van der Waals surface area contributed by atoms with Crippen LogP contribution in [-0.4, -0.2) is 34.0 Å². The smallest absolute Gasteiger partial charge is 0.261 e. The molecule has 0 saturated heterocycles. The standard InChI is InChI=1S/C19H19BrN2O4/c1-2-25-15-4-6-16(7-5-15)26-11-14(23)10-22-12-21-18-8-3-13(20)9-17(18)19(22)24/h3-9,12,14,23H,2,10-11H2,1H3/t14-/m0/s1. The molecular formula is C19H19BrN2O4. The number of rotatable bonds is 7. The van der Waals surface area contributed by atoms with Crippen molar-refractivity contribution in [3.63, 3.8) is 0 Å². The number of aliphatic hydroxyl groups excluding tert-OH is 1. The van der Waals surface area contributed by atoms with Crippen LogP contribution >= 0.6 is 15.9 Å². The second-order valence-electron chi connectivity index (χ2n) is 5.73. The highest BCUT2D eigenvalue weighted by Gasteiger charge is 2.11. The van der Waals surface area contributed by atoms with E-state index in [-0.39, 0.29) is 18.7 Å². The number of benzene rings is 2. The highest BCUT2D eigenvalue weighted by atomic mass is 79.9. The number of aromatic nitrogens is 2. The summed E-state index contributed by atoms with van der Waals surface area (Å²) in [5.41, 5.74) is 0.422. The third-order valence-corrected chi connectivity index (χ3v) is 4.26. The van der Waals surface area contributed by atoms with Crippen LogP contribution < -0.4 is 15.0 Å². The molecule has 3 rings (SSSR count). The molecule has 0 aliphatic heterocycles. The molecule has 2 aromatic carbocycles. The van der Waals surface area contributed by atoms with Crippen LogP contribution in [0.2, 0.25) is 0 Å². The third-order valence-electron chi connectivity index (χ3n) is 3.77. The first-order valence-electron chi connectivity index (χ1n) is 8.25. The number of hydrogen-bond donors (Lipinski definition) is 1. The topological polar surface area (TPSA) is 73.6 Å². The van der Waals surface area contributed by atoms with Gasteiger partial charge >= 0.3 is 0 Å². The second kappa shape index (κ2) is 8.33. The molecule has 136 valence electrons. The first-order chi connectivity index (χ1) is 12.6. The maximum Gasteiger partial charge on any atom is 0.261 e. The van der Waals surface area contributed by atoms with Crippen LogP contribution in [0.4, 0.5) is 0 Å². The van der Waals surface area contributed by atoms with Crippen LogP contribution in [0.25, 0.3) is 10.9 Å². The molecule has 0 bridgehead atoms. The summed E-state index contributed by atoms with van der Waals surface area (Å²) < 4.78 is 13.1. The Labute approximate surface area is 159 Å². The molecule has 0 aliphatic carbocycles. The fraction of sp³-hybridized carbons (Fsp3) is 0.263. The van der Waals surface area contributed by atoms with Crippen molar-refractivity contribution in [1.29, 1.82) is 0 Å². The van der Waals surface area contributed by atoms with Gasteiger partial charge in [0.05, 0.1) is 30.4 Å². The van der Waals surface area contributed by atoms with Crippen molar-refractivity contribution in [3.05, 3.63) is 63.6 Å². The first kappa shape index (κ1) is 18.4. The van der Waals surface area contributed by atoms with Crippen LogP contribution in [0.1, 0.15) is 6.92 Å². The lowest BCUT2D eigenvalue weighted by molar-refractivity contribution is 0.0914. The Morgan fingerprint density at radius 2 is 1.85 bits per heavy atom. The van der Waals surface area contributed by atoms with E-state index in [1.165, 1.54) is 10.9 Å². The van der Waals surface area contributed by atoms with Crippen LogP contribution in [-0.2, 0) is 6.54 Å².